The highest BCUT2D eigenvalue weighted by Crippen LogP contribution is 2.24. The standard InChI is InChI=1S/C12H14N2O3/c1-3-7-17-12-6-5-11(14(15)16)8-10(12)9-13-4-2/h1,5-6,8,13H,4,7,9H2,2H3. The van der Waals surface area contributed by atoms with Gasteiger partial charge in [-0.1, -0.05) is 12.8 Å². The van der Waals surface area contributed by atoms with E-state index in [1.165, 1.54) is 12.1 Å². The van der Waals surface area contributed by atoms with Crippen LogP contribution in [0.25, 0.3) is 0 Å². The van der Waals surface area contributed by atoms with E-state index in [2.05, 4.69) is 11.2 Å². The summed E-state index contributed by atoms with van der Waals surface area (Å²) in [5.41, 5.74) is 0.780. The zero-order chi connectivity index (χ0) is 12.7. The van der Waals surface area contributed by atoms with Gasteiger partial charge in [0.1, 0.15) is 12.4 Å². The molecule has 5 nitrogen and oxygen atoms in total. The molecule has 0 fully saturated rings. The smallest absolute Gasteiger partial charge is 0.270 e. The Balaban J connectivity index is 2.95. The molecule has 90 valence electrons. The number of nitro benzene ring substituents is 1. The zero-order valence-electron chi connectivity index (χ0n) is 9.60. The molecule has 1 aromatic carbocycles. The van der Waals surface area contributed by atoms with Crippen LogP contribution in [-0.2, 0) is 6.54 Å². The molecule has 0 spiro atoms. The van der Waals surface area contributed by atoms with Crippen LogP contribution >= 0.6 is 0 Å². The molecule has 0 saturated heterocycles. The van der Waals surface area contributed by atoms with E-state index < -0.39 is 4.92 Å². The molecule has 0 unspecified atom stereocenters. The summed E-state index contributed by atoms with van der Waals surface area (Å²) in [7, 11) is 0. The van der Waals surface area contributed by atoms with Crippen LogP contribution in [0.2, 0.25) is 0 Å². The van der Waals surface area contributed by atoms with Crippen LogP contribution in [0.1, 0.15) is 12.5 Å². The Hall–Kier alpha value is -2.06. The third-order valence-corrected chi connectivity index (χ3v) is 2.13. The van der Waals surface area contributed by atoms with E-state index in [0.29, 0.717) is 12.3 Å². The monoisotopic (exact) mass is 234 g/mol. The minimum absolute atomic E-state index is 0.0472. The second-order valence-electron chi connectivity index (χ2n) is 3.32. The van der Waals surface area contributed by atoms with Crippen molar-refractivity contribution in [1.82, 2.24) is 5.32 Å². The molecule has 0 aliphatic rings. The van der Waals surface area contributed by atoms with Gasteiger partial charge in [0.05, 0.1) is 4.92 Å². The number of non-ortho nitro benzene ring substituents is 1. The number of nitrogens with one attached hydrogen (secondary N) is 1. The van der Waals surface area contributed by atoms with Gasteiger partial charge in [0, 0.05) is 24.2 Å². The molecule has 0 atom stereocenters. The first-order valence-corrected chi connectivity index (χ1v) is 5.23. The number of nitro groups is 1. The lowest BCUT2D eigenvalue weighted by Crippen LogP contribution is -2.13. The Morgan fingerprint density at radius 1 is 1.59 bits per heavy atom. The maximum absolute atomic E-state index is 10.7. The van der Waals surface area contributed by atoms with E-state index in [9.17, 15) is 10.1 Å². The van der Waals surface area contributed by atoms with Crippen molar-refractivity contribution in [3.05, 3.63) is 33.9 Å². The van der Waals surface area contributed by atoms with E-state index in [4.69, 9.17) is 11.2 Å². The zero-order valence-corrected chi connectivity index (χ0v) is 9.60. The van der Waals surface area contributed by atoms with Crippen LogP contribution in [0.15, 0.2) is 18.2 Å². The Bertz CT molecular complexity index is 438. The van der Waals surface area contributed by atoms with Gasteiger partial charge in [0.25, 0.3) is 5.69 Å². The quantitative estimate of drug-likeness (QED) is 0.462. The van der Waals surface area contributed by atoms with Crippen molar-refractivity contribution in [3.63, 3.8) is 0 Å². The fraction of sp³-hybridized carbons (Fsp3) is 0.333. The molecule has 17 heavy (non-hydrogen) atoms. The van der Waals surface area contributed by atoms with Crippen LogP contribution in [-0.4, -0.2) is 18.1 Å². The molecular weight excluding hydrogens is 220 g/mol. The maximum atomic E-state index is 10.7. The van der Waals surface area contributed by atoms with Crippen LogP contribution in [0.4, 0.5) is 5.69 Å². The third kappa shape index (κ3) is 3.78. The summed E-state index contributed by atoms with van der Waals surface area (Å²) in [6.07, 6.45) is 5.11. The maximum Gasteiger partial charge on any atom is 0.270 e. The van der Waals surface area contributed by atoms with E-state index >= 15 is 0 Å². The molecule has 0 amide bonds. The van der Waals surface area contributed by atoms with Gasteiger partial charge >= 0.3 is 0 Å². The highest BCUT2D eigenvalue weighted by molar-refractivity contribution is 5.43. The van der Waals surface area contributed by atoms with Gasteiger partial charge < -0.3 is 10.1 Å². The lowest BCUT2D eigenvalue weighted by molar-refractivity contribution is -0.384. The van der Waals surface area contributed by atoms with E-state index in [-0.39, 0.29) is 12.3 Å². The molecule has 1 N–H and O–H groups in total. The average Bonchev–Trinajstić information content (AvgIpc) is 2.34. The van der Waals surface area contributed by atoms with Gasteiger partial charge in [0.15, 0.2) is 0 Å². The predicted octanol–water partition coefficient (Wildman–Crippen LogP) is 1.72. The molecule has 0 bridgehead atoms. The van der Waals surface area contributed by atoms with Gasteiger partial charge in [0.2, 0.25) is 0 Å². The van der Waals surface area contributed by atoms with Crippen molar-refractivity contribution in [3.8, 4) is 18.1 Å². The van der Waals surface area contributed by atoms with E-state index in [0.717, 1.165) is 12.1 Å². The number of hydrogen-bond acceptors (Lipinski definition) is 4. The van der Waals surface area contributed by atoms with Crippen molar-refractivity contribution >= 4 is 5.69 Å². The van der Waals surface area contributed by atoms with Gasteiger partial charge in [-0.3, -0.25) is 10.1 Å². The summed E-state index contributed by atoms with van der Waals surface area (Å²) in [5, 5.41) is 13.8. The van der Waals surface area contributed by atoms with Crippen LogP contribution in [0.3, 0.4) is 0 Å². The SMILES string of the molecule is C#CCOc1ccc([N+](=O)[O-])cc1CNCC. The topological polar surface area (TPSA) is 64.4 Å². The average molecular weight is 234 g/mol. The number of hydrogen-bond donors (Lipinski definition) is 1. The normalized spacial score (nSPS) is 9.65. The molecule has 0 saturated carbocycles. The first-order valence-electron chi connectivity index (χ1n) is 5.23. The van der Waals surface area contributed by atoms with E-state index in [1.807, 2.05) is 6.92 Å². The summed E-state index contributed by atoms with van der Waals surface area (Å²) >= 11 is 0. The van der Waals surface area contributed by atoms with Gasteiger partial charge in [-0.15, -0.1) is 6.42 Å². The lowest BCUT2D eigenvalue weighted by atomic mass is 10.1. The van der Waals surface area contributed by atoms with Crippen molar-refractivity contribution in [1.29, 1.82) is 0 Å². The molecule has 0 radical (unpaired) electrons. The number of ether oxygens (including phenoxy) is 1. The van der Waals surface area contributed by atoms with Crippen molar-refractivity contribution in [2.75, 3.05) is 13.2 Å². The first-order chi connectivity index (χ1) is 8.19. The third-order valence-electron chi connectivity index (χ3n) is 2.13. The number of benzene rings is 1. The van der Waals surface area contributed by atoms with Crippen molar-refractivity contribution in [2.24, 2.45) is 0 Å². The Morgan fingerprint density at radius 2 is 2.35 bits per heavy atom. The first kappa shape index (κ1) is 13.0. The Morgan fingerprint density at radius 3 is 2.94 bits per heavy atom. The van der Waals surface area contributed by atoms with Crippen molar-refractivity contribution < 1.29 is 9.66 Å². The largest absolute Gasteiger partial charge is 0.481 e. The molecular formula is C12H14N2O3. The van der Waals surface area contributed by atoms with Gasteiger partial charge in [-0.05, 0) is 12.6 Å². The highest BCUT2D eigenvalue weighted by atomic mass is 16.6. The molecule has 1 rings (SSSR count). The summed E-state index contributed by atoms with van der Waals surface area (Å²) < 4.78 is 5.32. The summed E-state index contributed by atoms with van der Waals surface area (Å²) in [4.78, 5) is 10.2. The van der Waals surface area contributed by atoms with Gasteiger partial charge in [-0.25, -0.2) is 0 Å². The van der Waals surface area contributed by atoms with Crippen molar-refractivity contribution in [2.45, 2.75) is 13.5 Å². The second kappa shape index (κ2) is 6.51. The number of terminal acetylenes is 1. The molecule has 0 heterocycles. The number of rotatable bonds is 6. The molecule has 5 heteroatoms. The number of nitrogens with zero attached hydrogens (tertiary/aromatic N) is 1. The highest BCUT2D eigenvalue weighted by Gasteiger charge is 2.11. The Labute approximate surface area is 99.9 Å². The fourth-order valence-electron chi connectivity index (χ4n) is 1.34. The molecule has 0 aliphatic heterocycles. The lowest BCUT2D eigenvalue weighted by Gasteiger charge is -2.09. The van der Waals surface area contributed by atoms with Crippen LogP contribution in [0, 0.1) is 22.5 Å². The summed E-state index contributed by atoms with van der Waals surface area (Å²) in [5.74, 6) is 2.94. The molecule has 1 aromatic rings. The molecule has 0 aromatic heterocycles. The summed E-state index contributed by atoms with van der Waals surface area (Å²) in [6, 6.07) is 4.47. The summed E-state index contributed by atoms with van der Waals surface area (Å²) in [6.45, 7) is 3.39. The minimum atomic E-state index is -0.430. The predicted molar refractivity (Wildman–Crippen MR) is 64.8 cm³/mol. The van der Waals surface area contributed by atoms with Gasteiger partial charge in [-0.2, -0.15) is 0 Å². The van der Waals surface area contributed by atoms with Crippen LogP contribution in [0.5, 0.6) is 5.75 Å². The van der Waals surface area contributed by atoms with Crippen LogP contribution < -0.4 is 10.1 Å². The fourth-order valence-corrected chi connectivity index (χ4v) is 1.34. The second-order valence-corrected chi connectivity index (χ2v) is 3.32. The minimum Gasteiger partial charge on any atom is -0.481 e. The van der Waals surface area contributed by atoms with E-state index in [1.54, 1.807) is 6.07 Å². The Kier molecular flexibility index (Phi) is 4.98. The molecule has 0 aliphatic carbocycles.